The number of rotatable bonds is 9. The fraction of sp³-hybridized carbons (Fsp3) is 0.436. The van der Waals surface area contributed by atoms with E-state index in [9.17, 15) is 10.1 Å². The number of hydrogen-bond acceptors (Lipinski definition) is 9. The van der Waals surface area contributed by atoms with Gasteiger partial charge in [0.1, 0.15) is 30.8 Å². The summed E-state index contributed by atoms with van der Waals surface area (Å²) in [5, 5.41) is 10.9. The van der Waals surface area contributed by atoms with Crippen LogP contribution in [-0.4, -0.2) is 68.1 Å². The maximum atomic E-state index is 13.3. The fourth-order valence-corrected chi connectivity index (χ4v) is 8.80. The Hall–Kier alpha value is -4.52. The molecule has 0 aliphatic carbocycles. The lowest BCUT2D eigenvalue weighted by molar-refractivity contribution is -0.149. The van der Waals surface area contributed by atoms with Gasteiger partial charge in [-0.25, -0.2) is 0 Å². The molecule has 3 aromatic rings. The van der Waals surface area contributed by atoms with E-state index in [1.807, 2.05) is 37.3 Å². The molecule has 1 unspecified atom stereocenters. The molecule has 1 fully saturated rings. The van der Waals surface area contributed by atoms with Gasteiger partial charge >= 0.3 is 5.97 Å². The van der Waals surface area contributed by atoms with E-state index in [1.54, 1.807) is 13.2 Å². The summed E-state index contributed by atoms with van der Waals surface area (Å²) in [6, 6.07) is 13.7. The Labute approximate surface area is 282 Å². The Kier molecular flexibility index (Phi) is 8.57. The lowest BCUT2D eigenvalue weighted by atomic mass is 9.71. The molecule has 0 spiro atoms. The molecule has 2 bridgehead atoms. The number of fused-ring (bicyclic) bond motifs is 9. The maximum Gasteiger partial charge on any atom is 0.306 e. The zero-order valence-electron chi connectivity index (χ0n) is 28.4. The van der Waals surface area contributed by atoms with Gasteiger partial charge < -0.3 is 23.7 Å². The average molecular weight is 650 g/mol. The van der Waals surface area contributed by atoms with Crippen LogP contribution in [0.4, 0.5) is 0 Å². The van der Waals surface area contributed by atoms with Crippen molar-refractivity contribution in [3.05, 3.63) is 93.6 Å². The Morgan fingerprint density at radius 3 is 2.56 bits per heavy atom. The van der Waals surface area contributed by atoms with E-state index < -0.39 is 12.1 Å². The first-order valence-electron chi connectivity index (χ1n) is 16.7. The summed E-state index contributed by atoms with van der Waals surface area (Å²) >= 11 is 0. The second-order valence-electron chi connectivity index (χ2n) is 13.3. The van der Waals surface area contributed by atoms with Crippen molar-refractivity contribution in [1.82, 2.24) is 9.80 Å². The van der Waals surface area contributed by atoms with Gasteiger partial charge in [0.05, 0.1) is 25.3 Å². The van der Waals surface area contributed by atoms with Crippen LogP contribution in [0.1, 0.15) is 63.0 Å². The molecule has 4 aliphatic heterocycles. The summed E-state index contributed by atoms with van der Waals surface area (Å²) in [7, 11) is 3.86. The van der Waals surface area contributed by atoms with Crippen molar-refractivity contribution in [2.24, 2.45) is 0 Å². The van der Waals surface area contributed by atoms with Crippen LogP contribution >= 0.6 is 0 Å². The van der Waals surface area contributed by atoms with Gasteiger partial charge in [-0.15, -0.1) is 0 Å². The van der Waals surface area contributed by atoms with Crippen molar-refractivity contribution in [1.29, 1.82) is 5.26 Å². The largest absolute Gasteiger partial charge is 0.496 e. The minimum atomic E-state index is -0.467. The van der Waals surface area contributed by atoms with Gasteiger partial charge in [0.25, 0.3) is 0 Å². The molecule has 0 saturated carbocycles. The summed E-state index contributed by atoms with van der Waals surface area (Å²) < 4.78 is 30.7. The smallest absolute Gasteiger partial charge is 0.306 e. The zero-order chi connectivity index (χ0) is 33.7. The molecule has 4 heterocycles. The third-order valence-corrected chi connectivity index (χ3v) is 10.7. The van der Waals surface area contributed by atoms with Crippen molar-refractivity contribution >= 4 is 5.97 Å². The summed E-state index contributed by atoms with van der Waals surface area (Å²) in [6.45, 7) is 10.6. The summed E-state index contributed by atoms with van der Waals surface area (Å²) in [5.41, 5.74) is 8.55. The molecule has 0 amide bonds. The Morgan fingerprint density at radius 2 is 1.83 bits per heavy atom. The number of ether oxygens (including phenoxy) is 5. The minimum Gasteiger partial charge on any atom is -0.496 e. The van der Waals surface area contributed by atoms with Gasteiger partial charge in [0.15, 0.2) is 11.5 Å². The normalized spacial score (nSPS) is 23.7. The molecule has 0 radical (unpaired) electrons. The number of hydrogen-bond donors (Lipinski definition) is 0. The zero-order valence-corrected chi connectivity index (χ0v) is 28.4. The van der Waals surface area contributed by atoms with Crippen LogP contribution in [0, 0.1) is 32.1 Å². The number of carbonyl (C=O) groups is 1. The van der Waals surface area contributed by atoms with Gasteiger partial charge in [-0.05, 0) is 74.9 Å². The molecule has 250 valence electrons. The van der Waals surface area contributed by atoms with Gasteiger partial charge in [-0.3, -0.25) is 14.6 Å². The van der Waals surface area contributed by atoms with Gasteiger partial charge in [0.2, 0.25) is 6.79 Å². The molecular weight excluding hydrogens is 606 g/mol. The van der Waals surface area contributed by atoms with E-state index in [2.05, 4.69) is 49.4 Å². The lowest BCUT2D eigenvalue weighted by Crippen LogP contribution is -2.68. The lowest BCUT2D eigenvalue weighted by Gasteiger charge is -2.60. The number of likely N-dealkylation sites (N-methyl/N-ethyl adjacent to an activating group) is 1. The van der Waals surface area contributed by atoms with Gasteiger partial charge in [0, 0.05) is 35.2 Å². The first kappa shape index (κ1) is 32.0. The number of piperazine rings is 1. The quantitative estimate of drug-likeness (QED) is 0.209. The predicted octanol–water partition coefficient (Wildman–Crippen LogP) is 5.86. The number of methoxy groups -OCH3 is 1. The highest BCUT2D eigenvalue weighted by Gasteiger charge is 2.56. The molecule has 48 heavy (non-hydrogen) atoms. The molecule has 9 nitrogen and oxygen atoms in total. The van der Waals surface area contributed by atoms with Crippen LogP contribution in [0.3, 0.4) is 0 Å². The minimum absolute atomic E-state index is 0.0414. The number of benzene rings is 3. The summed E-state index contributed by atoms with van der Waals surface area (Å²) in [6.07, 6.45) is 3.91. The molecule has 3 aromatic carbocycles. The van der Waals surface area contributed by atoms with Crippen LogP contribution in [0.2, 0.25) is 0 Å². The number of nitrogens with zero attached hydrogens (tertiary/aromatic N) is 3. The van der Waals surface area contributed by atoms with Crippen molar-refractivity contribution in [3.8, 4) is 29.1 Å². The first-order chi connectivity index (χ1) is 23.3. The van der Waals surface area contributed by atoms with Crippen LogP contribution in [0.15, 0.2) is 49.1 Å². The van der Waals surface area contributed by atoms with E-state index in [1.165, 1.54) is 11.1 Å². The maximum absolute atomic E-state index is 13.3. The third kappa shape index (κ3) is 5.10. The highest BCUT2D eigenvalue weighted by molar-refractivity contribution is 5.70. The molecule has 1 saturated heterocycles. The number of carbonyl (C=O) groups excluding carboxylic acids is 1. The third-order valence-electron chi connectivity index (χ3n) is 10.7. The SMILES string of the molecule is C=CCOc1c(C)c2c(c3c1CC1[C@H]4c5c(cc(C)c(OC)c5C)C[C@@H]([C@H](C#N)N1[C@H]3COC(=O)CCc1ccccc1)N4C)OCO2. The molecule has 4 aliphatic rings. The van der Waals surface area contributed by atoms with Crippen LogP contribution in [0.5, 0.6) is 23.0 Å². The highest BCUT2D eigenvalue weighted by Crippen LogP contribution is 2.57. The molecule has 5 atom stereocenters. The van der Waals surface area contributed by atoms with Gasteiger partial charge in [-0.1, -0.05) is 49.1 Å². The number of aryl methyl sites for hydroxylation is 2. The Morgan fingerprint density at radius 1 is 1.06 bits per heavy atom. The molecule has 9 heteroatoms. The van der Waals surface area contributed by atoms with Gasteiger partial charge in [-0.2, -0.15) is 5.26 Å². The van der Waals surface area contributed by atoms with Crippen molar-refractivity contribution in [2.45, 2.75) is 76.7 Å². The first-order valence-corrected chi connectivity index (χ1v) is 16.7. The second-order valence-corrected chi connectivity index (χ2v) is 13.3. The van der Waals surface area contributed by atoms with E-state index in [4.69, 9.17) is 23.7 Å². The Balaban J connectivity index is 1.36. The standard InChI is InChI=1S/C39H43N3O6/c1-7-15-45-37-24(4)38-39(48-21-47-38)34-27(37)18-29-35-33-23(3)36(44-6)22(2)16-26(33)17-28(41(35)5)30(19-40)42(29)31(34)20-46-32(43)14-13-25-11-9-8-10-12-25/h7-12,16,28-31,35H,1,13-15,17-18,20-21H2,2-6H3/t28-,29?,30-,31-,35-/m0/s1. The van der Waals surface area contributed by atoms with Crippen LogP contribution < -0.4 is 18.9 Å². The van der Waals surface area contributed by atoms with Crippen molar-refractivity contribution < 1.29 is 28.5 Å². The summed E-state index contributed by atoms with van der Waals surface area (Å²) in [4.78, 5) is 18.0. The highest BCUT2D eigenvalue weighted by atomic mass is 16.7. The summed E-state index contributed by atoms with van der Waals surface area (Å²) in [5.74, 6) is 2.63. The number of esters is 1. The van der Waals surface area contributed by atoms with Crippen molar-refractivity contribution in [2.75, 3.05) is 34.2 Å². The molecule has 0 aromatic heterocycles. The van der Waals surface area contributed by atoms with Crippen molar-refractivity contribution in [3.63, 3.8) is 0 Å². The molecular formula is C39H43N3O6. The second kappa shape index (κ2) is 12.8. The predicted molar refractivity (Wildman–Crippen MR) is 181 cm³/mol. The fourth-order valence-electron chi connectivity index (χ4n) is 8.80. The topological polar surface area (TPSA) is 93.5 Å². The van der Waals surface area contributed by atoms with Crippen LogP contribution in [-0.2, 0) is 28.8 Å². The number of nitriles is 1. The van der Waals surface area contributed by atoms with E-state index in [0.717, 1.165) is 51.3 Å². The molecule has 7 rings (SSSR count). The van der Waals surface area contributed by atoms with Crippen LogP contribution in [0.25, 0.3) is 0 Å². The van der Waals surface area contributed by atoms with E-state index in [-0.39, 0.29) is 43.9 Å². The Bertz CT molecular complexity index is 1800. The van der Waals surface area contributed by atoms with E-state index >= 15 is 0 Å². The molecule has 0 N–H and O–H groups in total. The average Bonchev–Trinajstić information content (AvgIpc) is 3.58. The van der Waals surface area contributed by atoms with E-state index in [0.29, 0.717) is 30.9 Å². The monoisotopic (exact) mass is 649 g/mol.